The van der Waals surface area contributed by atoms with Crippen LogP contribution in [-0.2, 0) is 35.6 Å². The van der Waals surface area contributed by atoms with Crippen molar-refractivity contribution in [2.45, 2.75) is 49.4 Å². The molecule has 3 atom stereocenters. The first-order chi connectivity index (χ1) is 18.2. The van der Waals surface area contributed by atoms with E-state index in [1.165, 1.54) is 31.6 Å². The molecule has 2 aliphatic heterocycles. The van der Waals surface area contributed by atoms with E-state index in [1.54, 1.807) is 17.0 Å². The summed E-state index contributed by atoms with van der Waals surface area (Å²) in [7, 11) is -2.50. The fourth-order valence-electron chi connectivity index (χ4n) is 4.40. The zero-order chi connectivity index (χ0) is 26.9. The van der Waals surface area contributed by atoms with Crippen LogP contribution in [-0.4, -0.2) is 62.0 Å². The number of hydrogen-bond donors (Lipinski definition) is 1. The number of aromatic nitrogens is 2. The van der Waals surface area contributed by atoms with Crippen LogP contribution in [0.5, 0.6) is 5.75 Å². The van der Waals surface area contributed by atoms with Gasteiger partial charge in [0, 0.05) is 5.69 Å². The Balaban J connectivity index is 1.33. The predicted octanol–water partition coefficient (Wildman–Crippen LogP) is 2.74. The minimum Gasteiger partial charge on any atom is -0.494 e. The summed E-state index contributed by atoms with van der Waals surface area (Å²) in [4.78, 5) is 22.7. The van der Waals surface area contributed by atoms with E-state index in [4.69, 9.17) is 18.9 Å². The highest BCUT2D eigenvalue weighted by Gasteiger charge is 2.56. The first-order valence-electron chi connectivity index (χ1n) is 12.0. The van der Waals surface area contributed by atoms with Crippen LogP contribution in [0.4, 0.5) is 11.6 Å². The summed E-state index contributed by atoms with van der Waals surface area (Å²) in [5.74, 6) is -0.712. The Morgan fingerprint density at radius 2 is 1.76 bits per heavy atom. The first kappa shape index (κ1) is 26.0. The van der Waals surface area contributed by atoms with Crippen LogP contribution in [0.2, 0.25) is 0 Å². The van der Waals surface area contributed by atoms with Gasteiger partial charge < -0.3 is 23.8 Å². The molecule has 12 heteroatoms. The molecule has 0 radical (unpaired) electrons. The van der Waals surface area contributed by atoms with Crippen LogP contribution in [0, 0.1) is 0 Å². The van der Waals surface area contributed by atoms with Crippen LogP contribution in [0.3, 0.4) is 0 Å². The van der Waals surface area contributed by atoms with E-state index in [0.29, 0.717) is 18.0 Å². The van der Waals surface area contributed by atoms with Gasteiger partial charge >= 0.3 is 0 Å². The van der Waals surface area contributed by atoms with Crippen LogP contribution < -0.4 is 14.4 Å². The maximum Gasteiger partial charge on any atom is 0.264 e. The van der Waals surface area contributed by atoms with Gasteiger partial charge in [-0.25, -0.2) is 23.1 Å². The van der Waals surface area contributed by atoms with E-state index < -0.39 is 34.1 Å². The van der Waals surface area contributed by atoms with Crippen molar-refractivity contribution in [3.05, 3.63) is 72.6 Å². The molecular formula is C26H28N4O7S. The van der Waals surface area contributed by atoms with E-state index in [-0.39, 0.29) is 23.4 Å². The zero-order valence-electron chi connectivity index (χ0n) is 21.1. The molecule has 0 aliphatic carbocycles. The van der Waals surface area contributed by atoms with Gasteiger partial charge in [-0.1, -0.05) is 30.3 Å². The number of ether oxygens (including phenoxy) is 4. The van der Waals surface area contributed by atoms with Gasteiger partial charge in [-0.15, -0.1) is 0 Å². The van der Waals surface area contributed by atoms with E-state index in [1.807, 2.05) is 44.2 Å². The summed E-state index contributed by atoms with van der Waals surface area (Å²) < 4.78 is 50.9. The maximum absolute atomic E-state index is 13.2. The van der Waals surface area contributed by atoms with Crippen LogP contribution in [0.15, 0.2) is 71.9 Å². The number of carbonyl (C=O) groups excluding carboxylic acids is 1. The molecule has 0 bridgehead atoms. The van der Waals surface area contributed by atoms with Crippen LogP contribution in [0.1, 0.15) is 19.4 Å². The number of nitrogens with zero attached hydrogens (tertiary/aromatic N) is 3. The third-order valence-electron chi connectivity index (χ3n) is 6.29. The summed E-state index contributed by atoms with van der Waals surface area (Å²) in [6.45, 7) is 4.20. The van der Waals surface area contributed by atoms with Gasteiger partial charge in [0.25, 0.3) is 15.9 Å². The molecule has 0 spiro atoms. The Hall–Kier alpha value is -3.58. The minimum atomic E-state index is -3.96. The topological polar surface area (TPSA) is 129 Å². The fourth-order valence-corrected chi connectivity index (χ4v) is 5.36. The average Bonchev–Trinajstić information content (AvgIpc) is 3.27. The second-order valence-corrected chi connectivity index (χ2v) is 11.0. The minimum absolute atomic E-state index is 0.0105. The summed E-state index contributed by atoms with van der Waals surface area (Å²) >= 11 is 0. The third kappa shape index (κ3) is 5.34. The van der Waals surface area contributed by atoms with Gasteiger partial charge in [-0.05, 0) is 43.7 Å². The molecule has 2 saturated heterocycles. The number of anilines is 2. The Morgan fingerprint density at radius 3 is 2.37 bits per heavy atom. The number of β-lactam (4-membered cyclic amide) rings is 1. The zero-order valence-corrected chi connectivity index (χ0v) is 21.9. The second-order valence-electron chi connectivity index (χ2n) is 9.33. The van der Waals surface area contributed by atoms with Gasteiger partial charge in [-0.2, -0.15) is 0 Å². The number of carbonyl (C=O) groups is 1. The van der Waals surface area contributed by atoms with Gasteiger partial charge in [0.15, 0.2) is 17.6 Å². The van der Waals surface area contributed by atoms with Gasteiger partial charge in [-0.3, -0.25) is 4.79 Å². The molecule has 5 rings (SSSR count). The van der Waals surface area contributed by atoms with Gasteiger partial charge in [0.1, 0.15) is 12.1 Å². The molecule has 2 aromatic carbocycles. The highest BCUT2D eigenvalue weighted by molar-refractivity contribution is 7.92. The van der Waals surface area contributed by atoms with Crippen molar-refractivity contribution >= 4 is 27.6 Å². The van der Waals surface area contributed by atoms with E-state index >= 15 is 0 Å². The lowest BCUT2D eigenvalue weighted by molar-refractivity contribution is -0.164. The second kappa shape index (κ2) is 10.3. The predicted molar refractivity (Wildman–Crippen MR) is 137 cm³/mol. The summed E-state index contributed by atoms with van der Waals surface area (Å²) in [5, 5.41) is 0. The van der Waals surface area contributed by atoms with Crippen molar-refractivity contribution < 1.29 is 32.2 Å². The summed E-state index contributed by atoms with van der Waals surface area (Å²) in [5.41, 5.74) is 1.47. The molecule has 38 heavy (non-hydrogen) atoms. The number of hydrogen-bond acceptors (Lipinski definition) is 9. The molecule has 0 saturated carbocycles. The third-order valence-corrected chi connectivity index (χ3v) is 7.63. The molecule has 1 aromatic heterocycles. The smallest absolute Gasteiger partial charge is 0.264 e. The molecule has 3 aromatic rings. The molecule has 3 heterocycles. The first-order valence-corrected chi connectivity index (χ1v) is 13.4. The monoisotopic (exact) mass is 540 g/mol. The quantitative estimate of drug-likeness (QED) is 0.407. The Morgan fingerprint density at radius 1 is 1.08 bits per heavy atom. The normalized spacial score (nSPS) is 22.7. The Bertz CT molecular complexity index is 1380. The molecule has 1 N–H and O–H groups in total. The lowest BCUT2D eigenvalue weighted by Crippen LogP contribution is -2.70. The molecule has 200 valence electrons. The number of amides is 1. The molecule has 2 unspecified atom stereocenters. The molecule has 11 nitrogen and oxygen atoms in total. The molecular weight excluding hydrogens is 512 g/mol. The fraction of sp³-hybridized carbons (Fsp3) is 0.346. The van der Waals surface area contributed by atoms with Crippen molar-refractivity contribution in [3.63, 3.8) is 0 Å². The number of methoxy groups -OCH3 is 1. The van der Waals surface area contributed by atoms with Crippen molar-refractivity contribution in [2.75, 3.05) is 23.3 Å². The summed E-state index contributed by atoms with van der Waals surface area (Å²) in [6.07, 6.45) is 1.57. The lowest BCUT2D eigenvalue weighted by atomic mass is 9.91. The van der Waals surface area contributed by atoms with E-state index in [9.17, 15) is 13.2 Å². The molecule has 1 amide bonds. The highest BCUT2D eigenvalue weighted by atomic mass is 32.2. The van der Waals surface area contributed by atoms with Crippen molar-refractivity contribution in [1.82, 2.24) is 9.97 Å². The van der Waals surface area contributed by atoms with Crippen molar-refractivity contribution in [1.29, 1.82) is 0 Å². The van der Waals surface area contributed by atoms with Gasteiger partial charge in [0.2, 0.25) is 5.95 Å². The van der Waals surface area contributed by atoms with Crippen LogP contribution >= 0.6 is 0 Å². The number of nitrogens with one attached hydrogen (secondary N) is 1. The Labute approximate surface area is 220 Å². The highest BCUT2D eigenvalue weighted by Crippen LogP contribution is 2.38. The standard InChI is InChI=1S/C26H28N4O7S/c1-26(2)36-16-21(37-26)22-23(35-15-17-7-5-4-6-8-17)24(31)30(22)18-9-11-20(12-10-18)38(32,33)29-25-27-13-19(34-3)14-28-25/h4-14,21-23H,15-16H2,1-3H3,(H,27,28,29)/t21-,22?,23?/m0/s1. The lowest BCUT2D eigenvalue weighted by Gasteiger charge is -2.48. The van der Waals surface area contributed by atoms with Crippen molar-refractivity contribution in [2.24, 2.45) is 0 Å². The van der Waals surface area contributed by atoms with Gasteiger partial charge in [0.05, 0.1) is 37.6 Å². The average molecular weight is 541 g/mol. The summed E-state index contributed by atoms with van der Waals surface area (Å²) in [6, 6.07) is 15.1. The number of sulfonamides is 1. The van der Waals surface area contributed by atoms with E-state index in [0.717, 1.165) is 5.56 Å². The largest absolute Gasteiger partial charge is 0.494 e. The SMILES string of the molecule is COc1cnc(NS(=O)(=O)c2ccc(N3C(=O)C(OCc4ccccc4)C3[C@@H]3COC(C)(C)O3)cc2)nc1. The number of benzene rings is 2. The Kier molecular flexibility index (Phi) is 7.05. The van der Waals surface area contributed by atoms with Crippen molar-refractivity contribution in [3.8, 4) is 5.75 Å². The molecule has 2 fully saturated rings. The molecule has 2 aliphatic rings. The van der Waals surface area contributed by atoms with E-state index in [2.05, 4.69) is 14.7 Å². The van der Waals surface area contributed by atoms with Crippen LogP contribution in [0.25, 0.3) is 0 Å². The number of rotatable bonds is 9. The maximum atomic E-state index is 13.2.